The van der Waals surface area contributed by atoms with Gasteiger partial charge in [-0.15, -0.1) is 0 Å². The molecule has 7 nitrogen and oxygen atoms in total. The van der Waals surface area contributed by atoms with Crippen LogP contribution in [0.25, 0.3) is 0 Å². The maximum absolute atomic E-state index is 11.9. The Labute approximate surface area is 154 Å². The van der Waals surface area contributed by atoms with Crippen LogP contribution >= 0.6 is 0 Å². The van der Waals surface area contributed by atoms with Gasteiger partial charge in [-0.3, -0.25) is 4.79 Å². The first-order valence-electron chi connectivity index (χ1n) is 8.76. The normalized spacial score (nSPS) is 14.4. The number of nitrogens with one attached hydrogen (secondary N) is 1. The molecule has 2 aromatic rings. The zero-order valence-electron chi connectivity index (χ0n) is 15.5. The summed E-state index contributed by atoms with van der Waals surface area (Å²) < 4.78 is 4.93. The Morgan fingerprint density at radius 1 is 1.12 bits per heavy atom. The molecule has 1 aliphatic rings. The maximum Gasteiger partial charge on any atom is 0.248 e. The van der Waals surface area contributed by atoms with E-state index in [2.05, 4.69) is 39.2 Å². The van der Waals surface area contributed by atoms with Crippen molar-refractivity contribution in [3.63, 3.8) is 0 Å². The van der Waals surface area contributed by atoms with Crippen molar-refractivity contribution in [1.29, 1.82) is 0 Å². The van der Waals surface area contributed by atoms with Crippen LogP contribution in [0.2, 0.25) is 0 Å². The van der Waals surface area contributed by atoms with E-state index < -0.39 is 0 Å². The van der Waals surface area contributed by atoms with E-state index in [9.17, 15) is 4.79 Å². The Bertz CT molecular complexity index is 755. The number of amides is 1. The summed E-state index contributed by atoms with van der Waals surface area (Å²) in [6.45, 7) is 6.99. The maximum atomic E-state index is 11.9. The molecule has 1 aromatic carbocycles. The molecule has 3 rings (SSSR count). The SMILES string of the molecule is COCC(=O)N1CCN(c2cc(C)nc(Nc3ccc(C)cc3)n2)CC1. The molecule has 0 atom stereocenters. The van der Waals surface area contributed by atoms with Crippen molar-refractivity contribution >= 4 is 23.4 Å². The van der Waals surface area contributed by atoms with E-state index >= 15 is 0 Å². The van der Waals surface area contributed by atoms with E-state index in [1.807, 2.05) is 30.0 Å². The second kappa shape index (κ2) is 8.14. The number of carbonyl (C=O) groups is 1. The highest BCUT2D eigenvalue weighted by molar-refractivity contribution is 5.77. The third-order valence-corrected chi connectivity index (χ3v) is 4.37. The highest BCUT2D eigenvalue weighted by Gasteiger charge is 2.22. The Morgan fingerprint density at radius 3 is 2.46 bits per heavy atom. The Hall–Kier alpha value is -2.67. The van der Waals surface area contributed by atoms with E-state index in [4.69, 9.17) is 4.74 Å². The van der Waals surface area contributed by atoms with Crippen molar-refractivity contribution in [3.8, 4) is 0 Å². The first kappa shape index (κ1) is 18.1. The lowest BCUT2D eigenvalue weighted by atomic mass is 10.2. The van der Waals surface area contributed by atoms with Crippen molar-refractivity contribution < 1.29 is 9.53 Å². The van der Waals surface area contributed by atoms with Gasteiger partial charge < -0.3 is 19.9 Å². The minimum absolute atomic E-state index is 0.0349. The summed E-state index contributed by atoms with van der Waals surface area (Å²) in [5, 5.41) is 3.27. The second-order valence-corrected chi connectivity index (χ2v) is 6.48. The molecule has 138 valence electrons. The van der Waals surface area contributed by atoms with Crippen LogP contribution in [0.4, 0.5) is 17.5 Å². The molecule has 0 bridgehead atoms. The van der Waals surface area contributed by atoms with Crippen LogP contribution in [0, 0.1) is 13.8 Å². The molecule has 1 fully saturated rings. The lowest BCUT2D eigenvalue weighted by Gasteiger charge is -2.35. The molecule has 26 heavy (non-hydrogen) atoms. The zero-order chi connectivity index (χ0) is 18.5. The van der Waals surface area contributed by atoms with Crippen molar-refractivity contribution in [2.75, 3.05) is 50.1 Å². The van der Waals surface area contributed by atoms with Gasteiger partial charge in [0.15, 0.2) is 0 Å². The van der Waals surface area contributed by atoms with Crippen LogP contribution in [0.1, 0.15) is 11.3 Å². The highest BCUT2D eigenvalue weighted by atomic mass is 16.5. The van der Waals surface area contributed by atoms with Gasteiger partial charge in [0, 0.05) is 50.7 Å². The van der Waals surface area contributed by atoms with Gasteiger partial charge in [0.1, 0.15) is 12.4 Å². The van der Waals surface area contributed by atoms with Crippen LogP contribution in [0.5, 0.6) is 0 Å². The predicted octanol–water partition coefficient (Wildman–Crippen LogP) is 2.13. The fourth-order valence-electron chi connectivity index (χ4n) is 2.94. The van der Waals surface area contributed by atoms with Gasteiger partial charge in [-0.25, -0.2) is 4.98 Å². The number of carbonyl (C=O) groups excluding carboxylic acids is 1. The van der Waals surface area contributed by atoms with Gasteiger partial charge in [-0.05, 0) is 26.0 Å². The van der Waals surface area contributed by atoms with Gasteiger partial charge in [-0.1, -0.05) is 17.7 Å². The van der Waals surface area contributed by atoms with Gasteiger partial charge in [0.2, 0.25) is 11.9 Å². The van der Waals surface area contributed by atoms with Crippen LogP contribution < -0.4 is 10.2 Å². The fraction of sp³-hybridized carbons (Fsp3) is 0.421. The molecule has 1 saturated heterocycles. The Kier molecular flexibility index (Phi) is 5.68. The van der Waals surface area contributed by atoms with Gasteiger partial charge in [0.05, 0.1) is 0 Å². The lowest BCUT2D eigenvalue weighted by Crippen LogP contribution is -2.50. The van der Waals surface area contributed by atoms with E-state index in [0.717, 1.165) is 30.3 Å². The highest BCUT2D eigenvalue weighted by Crippen LogP contribution is 2.20. The molecule has 1 amide bonds. The van der Waals surface area contributed by atoms with Crippen LogP contribution in [0.15, 0.2) is 30.3 Å². The second-order valence-electron chi connectivity index (χ2n) is 6.48. The van der Waals surface area contributed by atoms with Crippen LogP contribution in [0.3, 0.4) is 0 Å². The first-order valence-corrected chi connectivity index (χ1v) is 8.76. The number of benzene rings is 1. The summed E-state index contributed by atoms with van der Waals surface area (Å²) in [7, 11) is 1.54. The molecular weight excluding hydrogens is 330 g/mol. The number of methoxy groups -OCH3 is 1. The monoisotopic (exact) mass is 355 g/mol. The number of rotatable bonds is 5. The predicted molar refractivity (Wildman–Crippen MR) is 102 cm³/mol. The standard InChI is InChI=1S/C19H25N5O2/c1-14-4-6-16(7-5-14)21-19-20-15(2)12-17(22-19)23-8-10-24(11-9-23)18(25)13-26-3/h4-7,12H,8-11,13H2,1-3H3,(H,20,21,22). The summed E-state index contributed by atoms with van der Waals surface area (Å²) in [5.41, 5.74) is 3.08. The average Bonchev–Trinajstić information content (AvgIpc) is 2.63. The van der Waals surface area contributed by atoms with Crippen LogP contribution in [-0.2, 0) is 9.53 Å². The number of ether oxygens (including phenoxy) is 1. The minimum Gasteiger partial charge on any atom is -0.375 e. The Balaban J connectivity index is 1.68. The third-order valence-electron chi connectivity index (χ3n) is 4.37. The third kappa shape index (κ3) is 4.49. The molecule has 0 aliphatic carbocycles. The van der Waals surface area contributed by atoms with Crippen molar-refractivity contribution in [2.24, 2.45) is 0 Å². The smallest absolute Gasteiger partial charge is 0.248 e. The number of anilines is 3. The van der Waals surface area contributed by atoms with Gasteiger partial charge in [-0.2, -0.15) is 4.98 Å². The van der Waals surface area contributed by atoms with Crippen LogP contribution in [-0.4, -0.2) is 60.7 Å². The summed E-state index contributed by atoms with van der Waals surface area (Å²) in [6.07, 6.45) is 0. The summed E-state index contributed by atoms with van der Waals surface area (Å²) >= 11 is 0. The van der Waals surface area contributed by atoms with Gasteiger partial charge >= 0.3 is 0 Å². The Morgan fingerprint density at radius 2 is 1.81 bits per heavy atom. The molecular formula is C19H25N5O2. The van der Waals surface area contributed by atoms with Gasteiger partial charge in [0.25, 0.3) is 0 Å². The lowest BCUT2D eigenvalue weighted by molar-refractivity contribution is -0.135. The first-order chi connectivity index (χ1) is 12.5. The quantitative estimate of drug-likeness (QED) is 0.886. The van der Waals surface area contributed by atoms with E-state index in [1.54, 1.807) is 7.11 Å². The number of aryl methyl sites for hydroxylation is 2. The number of nitrogens with zero attached hydrogens (tertiary/aromatic N) is 4. The number of aromatic nitrogens is 2. The topological polar surface area (TPSA) is 70.6 Å². The fourth-order valence-corrected chi connectivity index (χ4v) is 2.94. The average molecular weight is 355 g/mol. The largest absolute Gasteiger partial charge is 0.375 e. The van der Waals surface area contributed by atoms with Crippen molar-refractivity contribution in [1.82, 2.24) is 14.9 Å². The molecule has 1 N–H and O–H groups in total. The van der Waals surface area contributed by atoms with E-state index in [1.165, 1.54) is 5.56 Å². The zero-order valence-corrected chi connectivity index (χ0v) is 15.5. The molecule has 7 heteroatoms. The number of piperazine rings is 1. The summed E-state index contributed by atoms with van der Waals surface area (Å²) in [4.78, 5) is 25.1. The van der Waals surface area contributed by atoms with Crippen molar-refractivity contribution in [2.45, 2.75) is 13.8 Å². The molecule has 0 spiro atoms. The van der Waals surface area contributed by atoms with E-state index in [0.29, 0.717) is 19.0 Å². The molecule has 1 aliphatic heterocycles. The molecule has 0 radical (unpaired) electrons. The van der Waals surface area contributed by atoms with E-state index in [-0.39, 0.29) is 12.5 Å². The summed E-state index contributed by atoms with van der Waals surface area (Å²) in [6, 6.07) is 10.1. The molecule has 0 saturated carbocycles. The number of hydrogen-bond acceptors (Lipinski definition) is 6. The van der Waals surface area contributed by atoms with Crippen molar-refractivity contribution in [3.05, 3.63) is 41.6 Å². The summed E-state index contributed by atoms with van der Waals surface area (Å²) in [5.74, 6) is 1.50. The minimum atomic E-state index is 0.0349. The molecule has 0 unspecified atom stereocenters. The molecule has 1 aromatic heterocycles. The number of hydrogen-bond donors (Lipinski definition) is 1. The molecule has 2 heterocycles.